The highest BCUT2D eigenvalue weighted by molar-refractivity contribution is 6.14. The Balaban J connectivity index is 1.10. The molecule has 0 saturated carbocycles. The molecule has 57 heavy (non-hydrogen) atoms. The summed E-state index contributed by atoms with van der Waals surface area (Å²) in [6, 6.07) is 66.8. The molecule has 0 aliphatic heterocycles. The maximum Gasteiger partial charge on any atom is 0.159 e. The van der Waals surface area contributed by atoms with E-state index in [-0.39, 0.29) is 0 Å². The van der Waals surface area contributed by atoms with Gasteiger partial charge in [-0.3, -0.25) is 0 Å². The van der Waals surface area contributed by atoms with Crippen molar-refractivity contribution in [3.8, 4) is 33.4 Å². The lowest BCUT2D eigenvalue weighted by Gasteiger charge is -2.30. The zero-order valence-electron chi connectivity index (χ0n) is 31.3. The number of furan rings is 1. The highest BCUT2D eigenvalue weighted by Crippen LogP contribution is 2.64. The number of para-hydroxylation sites is 1. The molecule has 0 bridgehead atoms. The van der Waals surface area contributed by atoms with Crippen LogP contribution in [0.25, 0.3) is 60.9 Å². The van der Waals surface area contributed by atoms with Crippen LogP contribution in [0.3, 0.4) is 0 Å². The summed E-state index contributed by atoms with van der Waals surface area (Å²) in [6.07, 6.45) is 8.81. The molecule has 3 aliphatic carbocycles. The third-order valence-corrected chi connectivity index (χ3v) is 12.6. The van der Waals surface area contributed by atoms with Gasteiger partial charge in [-0.15, -0.1) is 0 Å². The van der Waals surface area contributed by atoms with Crippen LogP contribution in [-0.4, -0.2) is 0 Å². The topological polar surface area (TPSA) is 16.4 Å². The number of anilines is 3. The van der Waals surface area contributed by atoms with Gasteiger partial charge in [0.05, 0.1) is 11.1 Å². The Morgan fingerprint density at radius 1 is 0.439 bits per heavy atom. The van der Waals surface area contributed by atoms with E-state index in [0.29, 0.717) is 0 Å². The van der Waals surface area contributed by atoms with Crippen LogP contribution in [0.1, 0.15) is 40.7 Å². The van der Waals surface area contributed by atoms with Gasteiger partial charge in [-0.25, -0.2) is 0 Å². The second kappa shape index (κ2) is 12.4. The van der Waals surface area contributed by atoms with Crippen LogP contribution >= 0.6 is 0 Å². The Kier molecular flexibility index (Phi) is 7.00. The molecular weight excluding hydrogens is 691 g/mol. The predicted octanol–water partition coefficient (Wildman–Crippen LogP) is 14.8. The van der Waals surface area contributed by atoms with Crippen LogP contribution in [0, 0.1) is 0 Å². The van der Waals surface area contributed by atoms with E-state index in [4.69, 9.17) is 4.42 Å². The second-order valence-corrected chi connectivity index (χ2v) is 15.5. The van der Waals surface area contributed by atoms with Gasteiger partial charge in [0.15, 0.2) is 5.58 Å². The number of hydrogen-bond acceptors (Lipinski definition) is 2. The highest BCUT2D eigenvalue weighted by atomic mass is 16.3. The number of nitrogens with zero attached hydrogens (tertiary/aromatic N) is 1. The molecule has 268 valence electrons. The molecule has 9 aromatic rings. The number of benzene rings is 8. The molecule has 12 rings (SSSR count). The van der Waals surface area contributed by atoms with Crippen LogP contribution in [0.5, 0.6) is 0 Å². The monoisotopic (exact) mass is 727 g/mol. The van der Waals surface area contributed by atoms with Crippen LogP contribution in [0.15, 0.2) is 205 Å². The molecule has 2 nitrogen and oxygen atoms in total. The number of hydrogen-bond donors (Lipinski definition) is 0. The van der Waals surface area contributed by atoms with E-state index in [2.05, 4.69) is 205 Å². The fourth-order valence-corrected chi connectivity index (χ4v) is 10.1. The summed E-state index contributed by atoms with van der Waals surface area (Å²) < 4.78 is 7.45. The number of rotatable bonds is 5. The predicted molar refractivity (Wildman–Crippen MR) is 236 cm³/mol. The van der Waals surface area contributed by atoms with Gasteiger partial charge < -0.3 is 9.32 Å². The van der Waals surface area contributed by atoms with E-state index in [0.717, 1.165) is 51.8 Å². The summed E-state index contributed by atoms with van der Waals surface area (Å²) in [5, 5.41) is 2.24. The lowest BCUT2D eigenvalue weighted by Crippen LogP contribution is -2.26. The van der Waals surface area contributed by atoms with Crippen molar-refractivity contribution in [2.45, 2.75) is 18.3 Å². The van der Waals surface area contributed by atoms with Crippen molar-refractivity contribution in [2.24, 2.45) is 0 Å². The molecule has 0 amide bonds. The van der Waals surface area contributed by atoms with Crippen molar-refractivity contribution >= 4 is 44.6 Å². The van der Waals surface area contributed by atoms with Crippen molar-refractivity contribution in [1.82, 2.24) is 0 Å². The minimum Gasteiger partial charge on any atom is -0.453 e. The lowest BCUT2D eigenvalue weighted by molar-refractivity contribution is 0.652. The average molecular weight is 728 g/mol. The van der Waals surface area contributed by atoms with Crippen molar-refractivity contribution < 1.29 is 4.42 Å². The van der Waals surface area contributed by atoms with Gasteiger partial charge in [0.2, 0.25) is 0 Å². The third-order valence-electron chi connectivity index (χ3n) is 12.6. The molecule has 1 heterocycles. The van der Waals surface area contributed by atoms with E-state index >= 15 is 0 Å². The van der Waals surface area contributed by atoms with Gasteiger partial charge >= 0.3 is 0 Å². The molecule has 3 aliphatic rings. The van der Waals surface area contributed by atoms with E-state index in [1.165, 1.54) is 66.8 Å². The van der Waals surface area contributed by atoms with Crippen molar-refractivity contribution in [3.05, 3.63) is 228 Å². The second-order valence-electron chi connectivity index (χ2n) is 15.5. The molecule has 0 unspecified atom stereocenters. The zero-order valence-corrected chi connectivity index (χ0v) is 31.3. The Bertz CT molecular complexity index is 3040. The normalized spacial score (nSPS) is 14.4. The van der Waals surface area contributed by atoms with E-state index in [9.17, 15) is 0 Å². The molecule has 8 aromatic carbocycles. The Labute approximate surface area is 332 Å². The minimum atomic E-state index is -0.502. The molecule has 0 fully saturated rings. The standard InChI is InChI=1S/C55H37NO/c1-3-14-36(15-4-1)38-26-30-40(31-27-38)56(41-32-28-39(29-33-41)37-16-5-2-6-17-37)51-25-13-21-46-47-35-34-45-44-20-9-12-24-50(44)55(52(45)54(47)57-53(46)51)48-22-10-7-18-42(48)43-19-8-11-23-49(43)55/h1-5,7-16,18-35H,6,17H2. The Hall–Kier alpha value is -7.16. The third kappa shape index (κ3) is 4.59. The van der Waals surface area contributed by atoms with Crippen molar-refractivity contribution in [1.29, 1.82) is 0 Å². The summed E-state index contributed by atoms with van der Waals surface area (Å²) in [7, 11) is 0. The summed E-state index contributed by atoms with van der Waals surface area (Å²) >= 11 is 0. The van der Waals surface area contributed by atoms with Gasteiger partial charge in [-0.2, -0.15) is 0 Å². The van der Waals surface area contributed by atoms with Crippen LogP contribution in [-0.2, 0) is 5.41 Å². The number of allylic oxidation sites excluding steroid dienone is 4. The maximum absolute atomic E-state index is 7.45. The first-order valence-corrected chi connectivity index (χ1v) is 20.0. The fraction of sp³-hybridized carbons (Fsp3) is 0.0545. The summed E-state index contributed by atoms with van der Waals surface area (Å²) in [5.74, 6) is 0. The lowest BCUT2D eigenvalue weighted by atomic mass is 9.70. The van der Waals surface area contributed by atoms with Gasteiger partial charge in [-0.1, -0.05) is 164 Å². The maximum atomic E-state index is 7.45. The Morgan fingerprint density at radius 2 is 1.00 bits per heavy atom. The van der Waals surface area contributed by atoms with Crippen LogP contribution in [0.4, 0.5) is 17.1 Å². The van der Waals surface area contributed by atoms with Gasteiger partial charge in [-0.05, 0) is 110 Å². The first-order chi connectivity index (χ1) is 28.3. The average Bonchev–Trinajstić information content (AvgIpc) is 3.92. The molecule has 1 aromatic heterocycles. The smallest absolute Gasteiger partial charge is 0.159 e. The van der Waals surface area contributed by atoms with Crippen molar-refractivity contribution in [2.75, 3.05) is 4.90 Å². The van der Waals surface area contributed by atoms with Gasteiger partial charge in [0.25, 0.3) is 0 Å². The molecule has 0 saturated heterocycles. The molecular formula is C55H37NO. The van der Waals surface area contributed by atoms with Crippen LogP contribution < -0.4 is 4.90 Å². The van der Waals surface area contributed by atoms with E-state index in [1.807, 2.05) is 0 Å². The quantitative estimate of drug-likeness (QED) is 0.175. The molecule has 0 radical (unpaired) electrons. The van der Waals surface area contributed by atoms with E-state index in [1.54, 1.807) is 0 Å². The van der Waals surface area contributed by atoms with Gasteiger partial charge in [0, 0.05) is 27.7 Å². The molecule has 1 spiro atoms. The van der Waals surface area contributed by atoms with E-state index < -0.39 is 5.41 Å². The Morgan fingerprint density at radius 3 is 1.63 bits per heavy atom. The number of fused-ring (bicyclic) bond motifs is 14. The van der Waals surface area contributed by atoms with Crippen molar-refractivity contribution in [3.63, 3.8) is 0 Å². The molecule has 2 heteroatoms. The minimum absolute atomic E-state index is 0.502. The highest BCUT2D eigenvalue weighted by Gasteiger charge is 2.53. The largest absolute Gasteiger partial charge is 0.453 e. The summed E-state index contributed by atoms with van der Waals surface area (Å²) in [4.78, 5) is 2.36. The first-order valence-electron chi connectivity index (χ1n) is 20.0. The first kappa shape index (κ1) is 32.1. The SMILES string of the molecule is C1=CCCC(c2ccc(N(c3ccc(-c4ccccc4)cc3)c3cccc4c3oc3c5c(ccc34)-c3ccccc3C53c4ccccc4-c4ccccc43)cc2)=C1. The fourth-order valence-electron chi connectivity index (χ4n) is 10.1. The van der Waals surface area contributed by atoms with Gasteiger partial charge in [0.1, 0.15) is 5.58 Å². The zero-order chi connectivity index (χ0) is 37.5. The van der Waals surface area contributed by atoms with Crippen LogP contribution in [0.2, 0.25) is 0 Å². The summed E-state index contributed by atoms with van der Waals surface area (Å²) in [5.41, 5.74) is 19.8. The summed E-state index contributed by atoms with van der Waals surface area (Å²) in [6.45, 7) is 0. The molecule has 0 atom stereocenters. The molecule has 0 N–H and O–H groups in total.